The van der Waals surface area contributed by atoms with Crippen molar-refractivity contribution in [2.75, 3.05) is 39.4 Å². The van der Waals surface area contributed by atoms with Gasteiger partial charge < -0.3 is 14.2 Å². The van der Waals surface area contributed by atoms with E-state index in [9.17, 15) is 9.59 Å². The van der Waals surface area contributed by atoms with Gasteiger partial charge in [0.2, 0.25) is 0 Å². The molecular formula is C21H25N5O3. The summed E-state index contributed by atoms with van der Waals surface area (Å²) in [5, 5.41) is 0. The van der Waals surface area contributed by atoms with E-state index >= 15 is 0 Å². The van der Waals surface area contributed by atoms with Crippen molar-refractivity contribution in [3.8, 4) is 0 Å². The third-order valence-corrected chi connectivity index (χ3v) is 6.27. The molecule has 2 bridgehead atoms. The van der Waals surface area contributed by atoms with Gasteiger partial charge in [-0.1, -0.05) is 6.07 Å². The van der Waals surface area contributed by atoms with Crippen LogP contribution in [0, 0.1) is 5.92 Å². The summed E-state index contributed by atoms with van der Waals surface area (Å²) in [6, 6.07) is 5.73. The van der Waals surface area contributed by atoms with Crippen molar-refractivity contribution in [1.29, 1.82) is 0 Å². The Bertz CT molecular complexity index is 955. The van der Waals surface area contributed by atoms with Crippen molar-refractivity contribution >= 4 is 5.91 Å². The van der Waals surface area contributed by atoms with Crippen LogP contribution in [0.15, 0.2) is 35.5 Å². The lowest BCUT2D eigenvalue weighted by Crippen LogP contribution is -2.49. The lowest BCUT2D eigenvalue weighted by Gasteiger charge is -2.42. The molecule has 0 radical (unpaired) electrons. The van der Waals surface area contributed by atoms with Crippen LogP contribution in [-0.2, 0) is 17.8 Å². The smallest absolute Gasteiger partial charge is 0.272 e. The molecule has 2 aromatic rings. The number of nitrogens with zero attached hydrogens (tertiary/aromatic N) is 5. The van der Waals surface area contributed by atoms with E-state index in [2.05, 4.69) is 20.9 Å². The Kier molecular flexibility index (Phi) is 4.89. The molecule has 8 heteroatoms. The van der Waals surface area contributed by atoms with Crippen molar-refractivity contribution in [3.63, 3.8) is 0 Å². The molecule has 29 heavy (non-hydrogen) atoms. The summed E-state index contributed by atoms with van der Waals surface area (Å²) in [5.41, 5.74) is 2.46. The Hall–Kier alpha value is -2.58. The number of likely N-dealkylation sites (tertiary alicyclic amines) is 1. The van der Waals surface area contributed by atoms with Gasteiger partial charge in [0.1, 0.15) is 12.0 Å². The fraction of sp³-hybridized carbons (Fsp3) is 0.524. The van der Waals surface area contributed by atoms with Crippen LogP contribution >= 0.6 is 0 Å². The zero-order chi connectivity index (χ0) is 19.8. The zero-order valence-corrected chi connectivity index (χ0v) is 16.4. The number of rotatable bonds is 3. The summed E-state index contributed by atoms with van der Waals surface area (Å²) in [6.45, 7) is 5.84. The predicted molar refractivity (Wildman–Crippen MR) is 106 cm³/mol. The second kappa shape index (κ2) is 7.68. The molecule has 1 amide bonds. The summed E-state index contributed by atoms with van der Waals surface area (Å²) in [5.74, 6) is 0.434. The number of fused-ring (bicyclic) bond motifs is 4. The molecule has 2 saturated heterocycles. The second-order valence-corrected chi connectivity index (χ2v) is 8.19. The third-order valence-electron chi connectivity index (χ3n) is 6.27. The molecule has 3 aliphatic heterocycles. The average Bonchev–Trinajstić information content (AvgIpc) is 2.77. The van der Waals surface area contributed by atoms with E-state index in [-0.39, 0.29) is 17.4 Å². The first-order valence-corrected chi connectivity index (χ1v) is 10.3. The minimum absolute atomic E-state index is 0.0539. The average molecular weight is 395 g/mol. The molecule has 2 fully saturated rings. The van der Waals surface area contributed by atoms with Gasteiger partial charge in [-0.15, -0.1) is 0 Å². The van der Waals surface area contributed by atoms with E-state index in [1.807, 2.05) is 15.5 Å². The van der Waals surface area contributed by atoms with Gasteiger partial charge in [-0.05, 0) is 24.5 Å². The van der Waals surface area contributed by atoms with Crippen LogP contribution in [0.3, 0.4) is 0 Å². The molecule has 152 valence electrons. The first-order valence-electron chi connectivity index (χ1n) is 10.3. The number of ether oxygens (including phenoxy) is 1. The van der Waals surface area contributed by atoms with E-state index in [0.717, 1.165) is 44.0 Å². The minimum atomic E-state index is -0.0539. The number of amides is 1. The summed E-state index contributed by atoms with van der Waals surface area (Å²) < 4.78 is 7.36. The second-order valence-electron chi connectivity index (χ2n) is 8.19. The highest BCUT2D eigenvalue weighted by Gasteiger charge is 2.37. The van der Waals surface area contributed by atoms with Gasteiger partial charge in [-0.3, -0.25) is 14.5 Å². The SMILES string of the molecule is O=C(c1ccncn1)N1C[C@@H]2C[C@H](C1)c1ccc(CN3CCOCC3)c(=O)n1C2. The number of hydrogen-bond donors (Lipinski definition) is 0. The first-order chi connectivity index (χ1) is 14.2. The molecule has 5 heterocycles. The molecule has 0 saturated carbocycles. The topological polar surface area (TPSA) is 80.6 Å². The Morgan fingerprint density at radius 3 is 2.79 bits per heavy atom. The van der Waals surface area contributed by atoms with Gasteiger partial charge in [-0.2, -0.15) is 0 Å². The van der Waals surface area contributed by atoms with Crippen molar-refractivity contribution < 1.29 is 9.53 Å². The van der Waals surface area contributed by atoms with Gasteiger partial charge in [0, 0.05) is 62.6 Å². The van der Waals surface area contributed by atoms with E-state index in [4.69, 9.17) is 4.74 Å². The van der Waals surface area contributed by atoms with Gasteiger partial charge in [0.25, 0.3) is 11.5 Å². The Morgan fingerprint density at radius 1 is 1.14 bits per heavy atom. The summed E-state index contributed by atoms with van der Waals surface area (Å²) in [6.07, 6.45) is 4.02. The van der Waals surface area contributed by atoms with Crippen molar-refractivity contribution in [2.24, 2.45) is 5.92 Å². The largest absolute Gasteiger partial charge is 0.379 e. The van der Waals surface area contributed by atoms with Gasteiger partial charge >= 0.3 is 0 Å². The number of carbonyl (C=O) groups excluding carboxylic acids is 1. The van der Waals surface area contributed by atoms with E-state index < -0.39 is 0 Å². The van der Waals surface area contributed by atoms with Crippen molar-refractivity contribution in [1.82, 2.24) is 24.3 Å². The van der Waals surface area contributed by atoms with Gasteiger partial charge in [-0.25, -0.2) is 9.97 Å². The van der Waals surface area contributed by atoms with Crippen LogP contribution in [0.4, 0.5) is 0 Å². The van der Waals surface area contributed by atoms with Crippen molar-refractivity contribution in [2.45, 2.75) is 25.4 Å². The highest BCUT2D eigenvalue weighted by Crippen LogP contribution is 2.35. The monoisotopic (exact) mass is 395 g/mol. The van der Waals surface area contributed by atoms with Crippen LogP contribution in [-0.4, -0.2) is 69.6 Å². The Labute approximate surface area is 169 Å². The summed E-state index contributed by atoms with van der Waals surface area (Å²) >= 11 is 0. The van der Waals surface area contributed by atoms with E-state index in [0.29, 0.717) is 37.8 Å². The van der Waals surface area contributed by atoms with Crippen LogP contribution in [0.1, 0.15) is 34.1 Å². The molecule has 3 aliphatic rings. The number of piperidine rings is 1. The summed E-state index contributed by atoms with van der Waals surface area (Å²) in [4.78, 5) is 38.2. The number of morpholine rings is 1. The molecule has 5 rings (SSSR count). The van der Waals surface area contributed by atoms with Gasteiger partial charge in [0.05, 0.1) is 13.2 Å². The normalized spacial score (nSPS) is 24.2. The van der Waals surface area contributed by atoms with Crippen molar-refractivity contribution in [3.05, 3.63) is 58.0 Å². The molecular weight excluding hydrogens is 370 g/mol. The maximum absolute atomic E-state index is 13.2. The molecule has 2 atom stereocenters. The Balaban J connectivity index is 1.37. The molecule has 0 N–H and O–H groups in total. The lowest BCUT2D eigenvalue weighted by molar-refractivity contribution is 0.0338. The number of hydrogen-bond acceptors (Lipinski definition) is 6. The minimum Gasteiger partial charge on any atom is -0.379 e. The first kappa shape index (κ1) is 18.4. The van der Waals surface area contributed by atoms with Gasteiger partial charge in [0.15, 0.2) is 0 Å². The van der Waals surface area contributed by atoms with Crippen LogP contribution in [0.2, 0.25) is 0 Å². The number of pyridine rings is 1. The maximum Gasteiger partial charge on any atom is 0.272 e. The zero-order valence-electron chi connectivity index (χ0n) is 16.4. The third kappa shape index (κ3) is 3.58. The predicted octanol–water partition coefficient (Wildman–Crippen LogP) is 0.730. The van der Waals surface area contributed by atoms with E-state index in [1.165, 1.54) is 6.33 Å². The Morgan fingerprint density at radius 2 is 2.00 bits per heavy atom. The standard InChI is InChI=1S/C21H25N5O3/c27-20-16(12-24-5-7-29-8-6-24)1-2-19-17-9-15(11-26(19)20)10-25(13-17)21(28)18-3-4-22-14-23-18/h1-4,14-15,17H,5-13H2/t15-,17+/m0/s1. The molecule has 2 aromatic heterocycles. The van der Waals surface area contributed by atoms with Crippen LogP contribution in [0.25, 0.3) is 0 Å². The summed E-state index contributed by atoms with van der Waals surface area (Å²) in [7, 11) is 0. The highest BCUT2D eigenvalue weighted by molar-refractivity contribution is 5.92. The fourth-order valence-electron chi connectivity index (χ4n) is 4.86. The van der Waals surface area contributed by atoms with Crippen LogP contribution in [0.5, 0.6) is 0 Å². The molecule has 0 spiro atoms. The van der Waals surface area contributed by atoms with E-state index in [1.54, 1.807) is 12.3 Å². The number of aromatic nitrogens is 3. The molecule has 0 unspecified atom stereocenters. The quantitative estimate of drug-likeness (QED) is 0.762. The molecule has 8 nitrogen and oxygen atoms in total. The lowest BCUT2D eigenvalue weighted by atomic mass is 9.83. The van der Waals surface area contributed by atoms with Crippen LogP contribution < -0.4 is 5.56 Å². The molecule has 0 aromatic carbocycles. The maximum atomic E-state index is 13.2. The highest BCUT2D eigenvalue weighted by atomic mass is 16.5. The fourth-order valence-corrected chi connectivity index (χ4v) is 4.86. The molecule has 0 aliphatic carbocycles. The number of carbonyl (C=O) groups is 1.